The molecule has 0 aliphatic rings. The van der Waals surface area contributed by atoms with Crippen LogP contribution in [0, 0.1) is 20.2 Å². The maximum atomic E-state index is 14.1. The van der Waals surface area contributed by atoms with E-state index < -0.39 is 9.85 Å². The molecule has 0 N–H and O–H groups in total. The number of pyridine rings is 2. The van der Waals surface area contributed by atoms with Gasteiger partial charge in [-0.15, -0.1) is 0 Å². The van der Waals surface area contributed by atoms with E-state index >= 15 is 0 Å². The highest BCUT2D eigenvalue weighted by Gasteiger charge is 2.24. The highest BCUT2D eigenvalue weighted by atomic mass is 16.6. The van der Waals surface area contributed by atoms with Gasteiger partial charge in [0.1, 0.15) is 11.3 Å². The molecular formula is C36H14N6O6. The lowest BCUT2D eigenvalue weighted by molar-refractivity contribution is -0.384. The Hall–Kier alpha value is -7.08. The first-order valence-electron chi connectivity index (χ1n) is 14.9. The maximum absolute atomic E-state index is 14.1. The summed E-state index contributed by atoms with van der Waals surface area (Å²) < 4.78 is 3.04. The Morgan fingerprint density at radius 3 is 1.17 bits per heavy atom. The van der Waals surface area contributed by atoms with Gasteiger partial charge in [0.2, 0.25) is 0 Å². The van der Waals surface area contributed by atoms with Gasteiger partial charge < -0.3 is 0 Å². The summed E-state index contributed by atoms with van der Waals surface area (Å²) in [6.07, 6.45) is 0. The van der Waals surface area contributed by atoms with Crippen LogP contribution in [0.15, 0.2) is 94.5 Å². The number of hydrogen-bond donors (Lipinski definition) is 0. The fourth-order valence-corrected chi connectivity index (χ4v) is 8.00. The number of rotatable bonds is 2. The van der Waals surface area contributed by atoms with E-state index in [1.165, 1.54) is 33.1 Å². The summed E-state index contributed by atoms with van der Waals surface area (Å²) in [5, 5.41) is 32.3. The molecule has 0 saturated carbocycles. The van der Waals surface area contributed by atoms with Crippen LogP contribution in [-0.2, 0) is 0 Å². The molecule has 12 heteroatoms. The number of nitrogens with zero attached hydrogens (tertiary/aromatic N) is 6. The fourth-order valence-electron chi connectivity index (χ4n) is 8.00. The van der Waals surface area contributed by atoms with Gasteiger partial charge in [0, 0.05) is 56.6 Å². The maximum Gasteiger partial charge on any atom is 0.271 e. The monoisotopic (exact) mass is 626 g/mol. The van der Waals surface area contributed by atoms with Gasteiger partial charge in [0.15, 0.2) is 0 Å². The van der Waals surface area contributed by atoms with E-state index in [4.69, 9.17) is 9.97 Å². The van der Waals surface area contributed by atoms with Gasteiger partial charge in [-0.1, -0.05) is 24.3 Å². The smallest absolute Gasteiger partial charge is 0.268 e. The van der Waals surface area contributed by atoms with Gasteiger partial charge in [-0.2, -0.15) is 0 Å². The van der Waals surface area contributed by atoms with Crippen molar-refractivity contribution in [3.05, 3.63) is 126 Å². The van der Waals surface area contributed by atoms with Crippen molar-refractivity contribution >= 4 is 109 Å². The summed E-state index contributed by atoms with van der Waals surface area (Å²) in [6.45, 7) is 0. The minimum Gasteiger partial charge on any atom is -0.268 e. The molecule has 0 bridgehead atoms. The predicted molar refractivity (Wildman–Crippen MR) is 183 cm³/mol. The quantitative estimate of drug-likeness (QED) is 0.0855. The zero-order valence-electron chi connectivity index (χ0n) is 24.2. The molecule has 0 unspecified atom stereocenters. The van der Waals surface area contributed by atoms with Crippen molar-refractivity contribution in [1.29, 1.82) is 0 Å². The van der Waals surface area contributed by atoms with Crippen molar-refractivity contribution in [2.75, 3.05) is 0 Å². The first kappa shape index (κ1) is 25.2. The molecule has 0 amide bonds. The molecule has 11 aromatic rings. The topological polar surface area (TPSA) is 155 Å². The molecule has 0 fully saturated rings. The van der Waals surface area contributed by atoms with Gasteiger partial charge >= 0.3 is 0 Å². The minimum absolute atomic E-state index is 0.105. The van der Waals surface area contributed by atoms with Crippen LogP contribution in [0.4, 0.5) is 11.4 Å². The van der Waals surface area contributed by atoms with Gasteiger partial charge in [-0.05, 0) is 68.7 Å². The number of aromatic nitrogens is 4. The third-order valence-corrected chi connectivity index (χ3v) is 9.95. The predicted octanol–water partition coefficient (Wildman–Crippen LogP) is 7.06. The lowest BCUT2D eigenvalue weighted by Gasteiger charge is -2.18. The highest BCUT2D eigenvalue weighted by molar-refractivity contribution is 6.40. The molecular weight excluding hydrogens is 612 g/mol. The van der Waals surface area contributed by atoms with Crippen LogP contribution in [0.5, 0.6) is 0 Å². The summed E-state index contributed by atoms with van der Waals surface area (Å²) in [7, 11) is 0. The molecule has 0 spiro atoms. The molecule has 7 aromatic carbocycles. The molecule has 0 atom stereocenters. The second-order valence-corrected chi connectivity index (χ2v) is 12.2. The zero-order chi connectivity index (χ0) is 32.3. The first-order valence-corrected chi connectivity index (χ1v) is 14.9. The van der Waals surface area contributed by atoms with E-state index in [-0.39, 0.29) is 22.5 Å². The largest absolute Gasteiger partial charge is 0.271 e. The molecule has 0 saturated heterocycles. The highest BCUT2D eigenvalue weighted by Crippen LogP contribution is 2.45. The molecule has 0 aliphatic carbocycles. The first-order chi connectivity index (χ1) is 23.3. The van der Waals surface area contributed by atoms with Crippen LogP contribution >= 0.6 is 0 Å². The second kappa shape index (κ2) is 8.00. The van der Waals surface area contributed by atoms with E-state index in [2.05, 4.69) is 0 Å². The van der Waals surface area contributed by atoms with Crippen molar-refractivity contribution in [2.24, 2.45) is 0 Å². The van der Waals surface area contributed by atoms with Crippen molar-refractivity contribution in [3.63, 3.8) is 0 Å². The average molecular weight is 627 g/mol. The number of benzene rings is 7. The molecule has 0 radical (unpaired) electrons. The lowest BCUT2D eigenvalue weighted by Crippen LogP contribution is -2.14. The van der Waals surface area contributed by atoms with Crippen LogP contribution in [0.3, 0.4) is 0 Å². The van der Waals surface area contributed by atoms with E-state index in [1.807, 2.05) is 48.5 Å². The van der Waals surface area contributed by atoms with E-state index in [0.717, 1.165) is 53.9 Å². The number of hydrogen-bond acceptors (Lipinski definition) is 8. The second-order valence-electron chi connectivity index (χ2n) is 12.2. The molecule has 4 heterocycles. The summed E-state index contributed by atoms with van der Waals surface area (Å²) in [5.41, 5.74) is 1.82. The Morgan fingerprint density at radius 2 is 0.792 bits per heavy atom. The fraction of sp³-hybridized carbons (Fsp3) is 0. The number of nitro benzene ring substituents is 2. The molecule has 12 nitrogen and oxygen atoms in total. The Bertz CT molecular complexity index is 3210. The van der Waals surface area contributed by atoms with Crippen molar-refractivity contribution in [1.82, 2.24) is 18.8 Å². The molecule has 224 valence electrons. The third-order valence-electron chi connectivity index (χ3n) is 9.95. The van der Waals surface area contributed by atoms with Crippen molar-refractivity contribution < 1.29 is 9.85 Å². The van der Waals surface area contributed by atoms with Crippen LogP contribution in [0.1, 0.15) is 0 Å². The van der Waals surface area contributed by atoms with E-state index in [0.29, 0.717) is 44.1 Å². The Balaban J connectivity index is 1.31. The molecule has 4 aromatic heterocycles. The lowest BCUT2D eigenvalue weighted by atomic mass is 9.86. The summed E-state index contributed by atoms with van der Waals surface area (Å²) in [5.74, 6) is 0. The van der Waals surface area contributed by atoms with Crippen LogP contribution in [0.2, 0.25) is 0 Å². The van der Waals surface area contributed by atoms with Gasteiger partial charge in [0.05, 0.1) is 31.9 Å². The molecule has 48 heavy (non-hydrogen) atoms. The normalized spacial score (nSPS) is 12.7. The average Bonchev–Trinajstić information content (AvgIpc) is 3.67. The SMILES string of the molecule is O=c1c2ccc3c4ccc5c6c(ccc(c7ccc(c2c37)c2nc3cc([N+](=O)[O-])ccc3n12)c46)c(=O)n1c2ccc([N+](=O)[O-])cc2nc51. The summed E-state index contributed by atoms with van der Waals surface area (Å²) in [4.78, 5) is 59.5. The van der Waals surface area contributed by atoms with Gasteiger partial charge in [-0.25, -0.2) is 9.97 Å². The number of fused-ring (bicyclic) bond motifs is 10. The minimum atomic E-state index is -0.483. The van der Waals surface area contributed by atoms with Crippen LogP contribution in [0.25, 0.3) is 98.0 Å². The standard InChI is InChI=1S/C36H14N6O6/c43-35-23-9-5-19-18-4-8-22-32-24(36(44)40-28-12-2-16(42(47)48)14-26(28)38-34(22)40)10-6-20(30(18)32)17-3-7-21(31(23)29(17)19)33-37-25-13-15(41(45)46)1-11-27(25)39(33)35/h1-14H. The van der Waals surface area contributed by atoms with E-state index in [9.17, 15) is 29.8 Å². The third kappa shape index (κ3) is 2.74. The molecule has 0 aliphatic heterocycles. The number of nitro groups is 2. The van der Waals surface area contributed by atoms with Crippen molar-refractivity contribution in [2.45, 2.75) is 0 Å². The Labute approximate surface area is 263 Å². The van der Waals surface area contributed by atoms with Gasteiger partial charge in [0.25, 0.3) is 22.5 Å². The Kier molecular flexibility index (Phi) is 4.19. The van der Waals surface area contributed by atoms with Gasteiger partial charge in [-0.3, -0.25) is 38.6 Å². The number of non-ortho nitro benzene ring substituents is 2. The van der Waals surface area contributed by atoms with E-state index in [1.54, 1.807) is 12.1 Å². The van der Waals surface area contributed by atoms with Crippen LogP contribution < -0.4 is 11.1 Å². The number of imidazole rings is 2. The Morgan fingerprint density at radius 1 is 0.458 bits per heavy atom. The van der Waals surface area contributed by atoms with Crippen LogP contribution in [-0.4, -0.2) is 28.6 Å². The summed E-state index contributed by atoms with van der Waals surface area (Å²) >= 11 is 0. The van der Waals surface area contributed by atoms with Crippen molar-refractivity contribution in [3.8, 4) is 0 Å². The molecule has 11 rings (SSSR count). The zero-order valence-corrected chi connectivity index (χ0v) is 24.2. The summed E-state index contributed by atoms with van der Waals surface area (Å²) in [6, 6.07) is 24.0.